The van der Waals surface area contributed by atoms with Crippen LogP contribution in [0.3, 0.4) is 0 Å². The molecule has 0 aromatic carbocycles. The Morgan fingerprint density at radius 1 is 1.29 bits per heavy atom. The van der Waals surface area contributed by atoms with E-state index in [2.05, 4.69) is 32.4 Å². The molecule has 0 bridgehead atoms. The molecule has 1 fully saturated rings. The number of aromatic nitrogens is 2. The summed E-state index contributed by atoms with van der Waals surface area (Å²) in [5, 5.41) is 6.48. The van der Waals surface area contributed by atoms with Gasteiger partial charge >= 0.3 is 0 Å². The van der Waals surface area contributed by atoms with Crippen LogP contribution in [0.2, 0.25) is 0 Å². The molecule has 5 heteroatoms. The van der Waals surface area contributed by atoms with Crippen molar-refractivity contribution in [1.29, 1.82) is 0 Å². The lowest BCUT2D eigenvalue weighted by Gasteiger charge is -2.21. The first-order valence-corrected chi connectivity index (χ1v) is 7.28. The standard InChI is InChI=1S/C12H20N4S/c1-9-15-11(13-2)7-12(16-9)14-8-10-3-5-17-6-4-10/h7,10H,3-6,8H2,1-2H3,(H2,13,14,15,16). The van der Waals surface area contributed by atoms with Crippen LogP contribution in [0.4, 0.5) is 11.6 Å². The molecule has 0 radical (unpaired) electrons. The second-order valence-corrected chi connectivity index (χ2v) is 5.60. The number of rotatable bonds is 4. The van der Waals surface area contributed by atoms with E-state index in [0.29, 0.717) is 0 Å². The quantitative estimate of drug-likeness (QED) is 0.861. The van der Waals surface area contributed by atoms with Crippen LogP contribution in [-0.4, -0.2) is 35.1 Å². The van der Waals surface area contributed by atoms with Crippen molar-refractivity contribution in [3.8, 4) is 0 Å². The molecular formula is C12H20N4S. The highest BCUT2D eigenvalue weighted by Gasteiger charge is 2.13. The van der Waals surface area contributed by atoms with Gasteiger partial charge in [-0.15, -0.1) is 0 Å². The lowest BCUT2D eigenvalue weighted by atomic mass is 10.0. The Morgan fingerprint density at radius 3 is 2.71 bits per heavy atom. The first-order valence-electron chi connectivity index (χ1n) is 6.13. The van der Waals surface area contributed by atoms with E-state index in [1.165, 1.54) is 24.3 Å². The third-order valence-electron chi connectivity index (χ3n) is 3.01. The Kier molecular flexibility index (Phi) is 4.48. The van der Waals surface area contributed by atoms with E-state index in [1.54, 1.807) is 0 Å². The lowest BCUT2D eigenvalue weighted by Crippen LogP contribution is -2.19. The molecule has 0 atom stereocenters. The third-order valence-corrected chi connectivity index (χ3v) is 4.06. The monoisotopic (exact) mass is 252 g/mol. The molecule has 0 aliphatic carbocycles. The van der Waals surface area contributed by atoms with Gasteiger partial charge in [0.2, 0.25) is 0 Å². The van der Waals surface area contributed by atoms with E-state index in [-0.39, 0.29) is 0 Å². The second kappa shape index (κ2) is 6.10. The van der Waals surface area contributed by atoms with Crippen molar-refractivity contribution < 1.29 is 0 Å². The van der Waals surface area contributed by atoms with Crippen molar-refractivity contribution in [3.63, 3.8) is 0 Å². The summed E-state index contributed by atoms with van der Waals surface area (Å²) >= 11 is 2.07. The summed E-state index contributed by atoms with van der Waals surface area (Å²) in [6.45, 7) is 2.95. The molecule has 0 unspecified atom stereocenters. The minimum Gasteiger partial charge on any atom is -0.373 e. The van der Waals surface area contributed by atoms with Gasteiger partial charge in [-0.05, 0) is 37.2 Å². The van der Waals surface area contributed by atoms with E-state index in [0.717, 1.165) is 29.9 Å². The molecule has 94 valence electrons. The van der Waals surface area contributed by atoms with Crippen LogP contribution in [0.15, 0.2) is 6.07 Å². The SMILES string of the molecule is CNc1cc(NCC2CCSCC2)nc(C)n1. The fraction of sp³-hybridized carbons (Fsp3) is 0.667. The number of nitrogens with one attached hydrogen (secondary N) is 2. The molecule has 17 heavy (non-hydrogen) atoms. The highest BCUT2D eigenvalue weighted by atomic mass is 32.2. The Hall–Kier alpha value is -0.970. The molecule has 2 heterocycles. The van der Waals surface area contributed by atoms with Gasteiger partial charge in [0.25, 0.3) is 0 Å². The van der Waals surface area contributed by atoms with E-state index < -0.39 is 0 Å². The summed E-state index contributed by atoms with van der Waals surface area (Å²) in [4.78, 5) is 8.68. The number of anilines is 2. The first kappa shape index (κ1) is 12.5. The topological polar surface area (TPSA) is 49.8 Å². The smallest absolute Gasteiger partial charge is 0.131 e. The summed E-state index contributed by atoms with van der Waals surface area (Å²) in [6, 6.07) is 1.96. The van der Waals surface area contributed by atoms with Crippen molar-refractivity contribution in [2.75, 3.05) is 35.7 Å². The fourth-order valence-corrected chi connectivity index (χ4v) is 3.19. The first-order chi connectivity index (χ1) is 8.28. The molecule has 1 aromatic heterocycles. The molecular weight excluding hydrogens is 232 g/mol. The average molecular weight is 252 g/mol. The number of nitrogens with zero attached hydrogens (tertiary/aromatic N) is 2. The summed E-state index contributed by atoms with van der Waals surface area (Å²) in [6.07, 6.45) is 2.64. The van der Waals surface area contributed by atoms with Crippen LogP contribution in [0, 0.1) is 12.8 Å². The van der Waals surface area contributed by atoms with Gasteiger partial charge in [0.05, 0.1) is 0 Å². The van der Waals surface area contributed by atoms with Gasteiger partial charge < -0.3 is 10.6 Å². The number of hydrogen-bond donors (Lipinski definition) is 2. The Bertz CT molecular complexity index is 364. The third kappa shape index (κ3) is 3.77. The van der Waals surface area contributed by atoms with Gasteiger partial charge in [-0.2, -0.15) is 11.8 Å². The Balaban J connectivity index is 1.91. The van der Waals surface area contributed by atoms with E-state index >= 15 is 0 Å². The van der Waals surface area contributed by atoms with Crippen LogP contribution in [-0.2, 0) is 0 Å². The molecule has 2 rings (SSSR count). The van der Waals surface area contributed by atoms with Crippen molar-refractivity contribution in [2.24, 2.45) is 5.92 Å². The van der Waals surface area contributed by atoms with Crippen LogP contribution < -0.4 is 10.6 Å². The zero-order chi connectivity index (χ0) is 12.1. The normalized spacial score (nSPS) is 16.8. The molecule has 0 spiro atoms. The molecule has 0 saturated carbocycles. The van der Waals surface area contributed by atoms with E-state index in [1.807, 2.05) is 20.0 Å². The lowest BCUT2D eigenvalue weighted by molar-refractivity contribution is 0.515. The Morgan fingerprint density at radius 2 is 2.00 bits per heavy atom. The van der Waals surface area contributed by atoms with Gasteiger partial charge in [0.1, 0.15) is 17.5 Å². The second-order valence-electron chi connectivity index (χ2n) is 4.37. The van der Waals surface area contributed by atoms with Crippen LogP contribution in [0.25, 0.3) is 0 Å². The highest BCUT2D eigenvalue weighted by Crippen LogP contribution is 2.23. The molecule has 1 saturated heterocycles. The average Bonchev–Trinajstić information content (AvgIpc) is 2.37. The molecule has 1 aromatic rings. The van der Waals surface area contributed by atoms with Crippen LogP contribution >= 0.6 is 11.8 Å². The zero-order valence-corrected chi connectivity index (χ0v) is 11.3. The van der Waals surface area contributed by atoms with Gasteiger partial charge in [0, 0.05) is 19.7 Å². The predicted molar refractivity (Wildman–Crippen MR) is 74.9 cm³/mol. The molecule has 1 aliphatic rings. The van der Waals surface area contributed by atoms with Crippen molar-refractivity contribution in [2.45, 2.75) is 19.8 Å². The number of hydrogen-bond acceptors (Lipinski definition) is 5. The summed E-state index contributed by atoms with van der Waals surface area (Å²) in [5.41, 5.74) is 0. The van der Waals surface area contributed by atoms with Crippen molar-refractivity contribution in [3.05, 3.63) is 11.9 Å². The number of aryl methyl sites for hydroxylation is 1. The maximum absolute atomic E-state index is 4.40. The van der Waals surface area contributed by atoms with Crippen LogP contribution in [0.1, 0.15) is 18.7 Å². The van der Waals surface area contributed by atoms with Gasteiger partial charge in [-0.3, -0.25) is 0 Å². The minimum atomic E-state index is 0.796. The van der Waals surface area contributed by atoms with Gasteiger partial charge in [-0.25, -0.2) is 9.97 Å². The summed E-state index contributed by atoms with van der Waals surface area (Å²) in [5.74, 6) is 6.01. The van der Waals surface area contributed by atoms with E-state index in [9.17, 15) is 0 Å². The molecule has 4 nitrogen and oxygen atoms in total. The predicted octanol–water partition coefficient (Wildman–Crippen LogP) is 2.38. The number of thioether (sulfide) groups is 1. The molecule has 0 amide bonds. The zero-order valence-electron chi connectivity index (χ0n) is 10.5. The summed E-state index contributed by atoms with van der Waals surface area (Å²) in [7, 11) is 1.88. The molecule has 2 N–H and O–H groups in total. The maximum atomic E-state index is 4.40. The van der Waals surface area contributed by atoms with Crippen molar-refractivity contribution >= 4 is 23.4 Å². The fourth-order valence-electron chi connectivity index (χ4n) is 1.99. The van der Waals surface area contributed by atoms with Gasteiger partial charge in [0.15, 0.2) is 0 Å². The van der Waals surface area contributed by atoms with Gasteiger partial charge in [-0.1, -0.05) is 0 Å². The largest absolute Gasteiger partial charge is 0.373 e. The maximum Gasteiger partial charge on any atom is 0.131 e. The minimum absolute atomic E-state index is 0.796. The Labute approximate surface area is 107 Å². The summed E-state index contributed by atoms with van der Waals surface area (Å²) < 4.78 is 0. The molecule has 1 aliphatic heterocycles. The van der Waals surface area contributed by atoms with E-state index in [4.69, 9.17) is 0 Å². The van der Waals surface area contributed by atoms with Crippen LogP contribution in [0.5, 0.6) is 0 Å². The van der Waals surface area contributed by atoms with Crippen molar-refractivity contribution in [1.82, 2.24) is 9.97 Å². The highest BCUT2D eigenvalue weighted by molar-refractivity contribution is 7.99.